The zero-order valence-electron chi connectivity index (χ0n) is 14.0. The number of fused-ring (bicyclic) bond motifs is 1. The van der Waals surface area contributed by atoms with E-state index in [1.54, 1.807) is 36.6 Å². The van der Waals surface area contributed by atoms with Crippen LogP contribution in [0.4, 0.5) is 0 Å². The molecule has 1 N–H and O–H groups in total. The minimum Gasteiger partial charge on any atom is -0.381 e. The molecule has 128 valence electrons. The van der Waals surface area contributed by atoms with E-state index in [0.717, 1.165) is 5.57 Å². The minimum atomic E-state index is -0.531. The fraction of sp³-hybridized carbons (Fsp3) is 0.529. The summed E-state index contributed by atoms with van der Waals surface area (Å²) < 4.78 is 5.53. The third-order valence-electron chi connectivity index (χ3n) is 5.00. The number of carbonyl (C=O) groups is 2. The van der Waals surface area contributed by atoms with Gasteiger partial charge in [0.1, 0.15) is 0 Å². The lowest BCUT2D eigenvalue weighted by molar-refractivity contribution is -0.138. The van der Waals surface area contributed by atoms with Crippen molar-refractivity contribution in [2.24, 2.45) is 11.3 Å². The van der Waals surface area contributed by atoms with Gasteiger partial charge in [-0.05, 0) is 18.9 Å². The predicted octanol–water partition coefficient (Wildman–Crippen LogP) is 0.491. The molecule has 7 nitrogen and oxygen atoms in total. The van der Waals surface area contributed by atoms with Gasteiger partial charge in [-0.15, -0.1) is 0 Å². The smallest absolute Gasteiger partial charge is 0.246 e. The molecular formula is C17H22N4O3. The summed E-state index contributed by atoms with van der Waals surface area (Å²) in [6.45, 7) is 3.88. The molecule has 2 aliphatic rings. The van der Waals surface area contributed by atoms with E-state index < -0.39 is 5.41 Å². The van der Waals surface area contributed by atoms with Crippen LogP contribution in [0.3, 0.4) is 0 Å². The van der Waals surface area contributed by atoms with Gasteiger partial charge in [0.15, 0.2) is 0 Å². The van der Waals surface area contributed by atoms with Crippen molar-refractivity contribution in [1.29, 1.82) is 0 Å². The third-order valence-corrected chi connectivity index (χ3v) is 5.00. The second-order valence-electron chi connectivity index (χ2n) is 6.39. The van der Waals surface area contributed by atoms with Gasteiger partial charge >= 0.3 is 0 Å². The van der Waals surface area contributed by atoms with Crippen molar-refractivity contribution in [2.75, 3.05) is 33.4 Å². The summed E-state index contributed by atoms with van der Waals surface area (Å²) in [6.07, 6.45) is 7.03. The summed E-state index contributed by atoms with van der Waals surface area (Å²) in [5.41, 5.74) is 0.900. The number of aromatic nitrogens is 2. The van der Waals surface area contributed by atoms with Crippen molar-refractivity contribution in [2.45, 2.75) is 13.3 Å². The van der Waals surface area contributed by atoms with Gasteiger partial charge in [0, 0.05) is 51.1 Å². The van der Waals surface area contributed by atoms with Gasteiger partial charge in [-0.1, -0.05) is 0 Å². The summed E-state index contributed by atoms with van der Waals surface area (Å²) >= 11 is 0. The largest absolute Gasteiger partial charge is 0.381 e. The van der Waals surface area contributed by atoms with Gasteiger partial charge < -0.3 is 15.0 Å². The summed E-state index contributed by atoms with van der Waals surface area (Å²) in [5, 5.41) is 2.76. The second kappa shape index (κ2) is 6.68. The van der Waals surface area contributed by atoms with E-state index in [1.807, 2.05) is 6.92 Å². The van der Waals surface area contributed by atoms with E-state index in [1.165, 1.54) is 0 Å². The van der Waals surface area contributed by atoms with Gasteiger partial charge in [0.05, 0.1) is 23.9 Å². The monoisotopic (exact) mass is 330 g/mol. The van der Waals surface area contributed by atoms with E-state index in [4.69, 9.17) is 4.74 Å². The fourth-order valence-electron chi connectivity index (χ4n) is 3.59. The Bertz CT molecular complexity index is 661. The van der Waals surface area contributed by atoms with E-state index in [9.17, 15) is 9.59 Å². The van der Waals surface area contributed by atoms with Crippen LogP contribution < -0.4 is 5.32 Å². The lowest BCUT2D eigenvalue weighted by atomic mass is 9.73. The van der Waals surface area contributed by atoms with E-state index >= 15 is 0 Å². The molecular weight excluding hydrogens is 308 g/mol. The Balaban J connectivity index is 1.78. The van der Waals surface area contributed by atoms with Gasteiger partial charge in [0.2, 0.25) is 11.8 Å². The molecule has 2 fully saturated rings. The van der Waals surface area contributed by atoms with Crippen molar-refractivity contribution in [3.8, 4) is 0 Å². The molecule has 0 bridgehead atoms. The number of ether oxygens (including phenoxy) is 1. The highest BCUT2D eigenvalue weighted by molar-refractivity contribution is 5.95. The summed E-state index contributed by atoms with van der Waals surface area (Å²) in [6, 6.07) is 0. The van der Waals surface area contributed by atoms with Crippen LogP contribution >= 0.6 is 0 Å². The molecule has 0 aliphatic carbocycles. The maximum atomic E-state index is 12.7. The third kappa shape index (κ3) is 2.91. The standard InChI is InChI=1S/C17H22N4O3/c1-12(14-8-19-4-5-20-14)7-15(22)21-9-13-10-24-6-3-17(13,11-21)16(23)18-2/h4-5,7-8,13H,3,6,9-11H2,1-2H3,(H,18,23)/b12-7+/t13-,17+/m1/s1. The van der Waals surface area contributed by atoms with E-state index in [0.29, 0.717) is 38.4 Å². The molecule has 1 aromatic rings. The Kier molecular flexibility index (Phi) is 4.62. The number of likely N-dealkylation sites (tertiary alicyclic amines) is 1. The average molecular weight is 330 g/mol. The molecule has 0 saturated carbocycles. The first-order chi connectivity index (χ1) is 11.6. The van der Waals surface area contributed by atoms with Crippen molar-refractivity contribution in [1.82, 2.24) is 20.2 Å². The first kappa shape index (κ1) is 16.6. The molecule has 24 heavy (non-hydrogen) atoms. The Labute approximate surface area is 141 Å². The topological polar surface area (TPSA) is 84.4 Å². The molecule has 3 heterocycles. The van der Waals surface area contributed by atoms with Crippen LogP contribution in [-0.4, -0.2) is 60.0 Å². The molecule has 2 aliphatic heterocycles. The van der Waals surface area contributed by atoms with Gasteiger partial charge in [-0.25, -0.2) is 0 Å². The molecule has 0 unspecified atom stereocenters. The van der Waals surface area contributed by atoms with Crippen molar-refractivity contribution >= 4 is 17.4 Å². The maximum absolute atomic E-state index is 12.7. The highest BCUT2D eigenvalue weighted by Gasteiger charge is 2.53. The molecule has 0 aromatic carbocycles. The van der Waals surface area contributed by atoms with Crippen LogP contribution in [-0.2, 0) is 14.3 Å². The average Bonchev–Trinajstić information content (AvgIpc) is 3.02. The van der Waals surface area contributed by atoms with Gasteiger partial charge in [-0.3, -0.25) is 19.6 Å². The molecule has 7 heteroatoms. The molecule has 2 saturated heterocycles. The van der Waals surface area contributed by atoms with Crippen LogP contribution in [0, 0.1) is 11.3 Å². The van der Waals surface area contributed by atoms with Gasteiger partial charge in [0.25, 0.3) is 0 Å². The van der Waals surface area contributed by atoms with Crippen molar-refractivity contribution in [3.63, 3.8) is 0 Å². The number of amides is 2. The lowest BCUT2D eigenvalue weighted by Gasteiger charge is -2.36. The highest BCUT2D eigenvalue weighted by Crippen LogP contribution is 2.42. The van der Waals surface area contributed by atoms with E-state index in [-0.39, 0.29) is 17.7 Å². The zero-order valence-corrected chi connectivity index (χ0v) is 14.0. The fourth-order valence-corrected chi connectivity index (χ4v) is 3.59. The molecule has 3 rings (SSSR count). The van der Waals surface area contributed by atoms with Crippen LogP contribution in [0.15, 0.2) is 24.7 Å². The molecule has 2 atom stereocenters. The van der Waals surface area contributed by atoms with Crippen molar-refractivity contribution < 1.29 is 14.3 Å². The number of carbonyl (C=O) groups excluding carboxylic acids is 2. The first-order valence-corrected chi connectivity index (χ1v) is 8.10. The first-order valence-electron chi connectivity index (χ1n) is 8.10. The van der Waals surface area contributed by atoms with Crippen LogP contribution in [0.5, 0.6) is 0 Å². The minimum absolute atomic E-state index is 0.000674. The number of hydrogen-bond acceptors (Lipinski definition) is 5. The number of rotatable bonds is 3. The summed E-state index contributed by atoms with van der Waals surface area (Å²) in [7, 11) is 1.65. The molecule has 0 spiro atoms. The quantitative estimate of drug-likeness (QED) is 0.816. The molecule has 0 radical (unpaired) electrons. The Morgan fingerprint density at radius 1 is 1.46 bits per heavy atom. The second-order valence-corrected chi connectivity index (χ2v) is 6.39. The van der Waals surface area contributed by atoms with Crippen molar-refractivity contribution in [3.05, 3.63) is 30.4 Å². The molecule has 1 aromatic heterocycles. The van der Waals surface area contributed by atoms with E-state index in [2.05, 4.69) is 15.3 Å². The summed E-state index contributed by atoms with van der Waals surface area (Å²) in [4.78, 5) is 35.1. The van der Waals surface area contributed by atoms with Crippen LogP contribution in [0.1, 0.15) is 19.0 Å². The predicted molar refractivity (Wildman–Crippen MR) is 87.7 cm³/mol. The zero-order chi connectivity index (χ0) is 17.2. The highest BCUT2D eigenvalue weighted by atomic mass is 16.5. The van der Waals surface area contributed by atoms with Crippen LogP contribution in [0.25, 0.3) is 5.57 Å². The Hall–Kier alpha value is -2.28. The van der Waals surface area contributed by atoms with Gasteiger partial charge in [-0.2, -0.15) is 0 Å². The molecule has 2 amide bonds. The number of nitrogens with one attached hydrogen (secondary N) is 1. The maximum Gasteiger partial charge on any atom is 0.246 e. The Morgan fingerprint density at radius 2 is 2.29 bits per heavy atom. The lowest BCUT2D eigenvalue weighted by Crippen LogP contribution is -2.49. The summed E-state index contributed by atoms with van der Waals surface area (Å²) in [5.74, 6) is -0.0584. The normalized spacial score (nSPS) is 26.8. The number of hydrogen-bond donors (Lipinski definition) is 1. The Morgan fingerprint density at radius 3 is 3.00 bits per heavy atom. The number of allylic oxidation sites excluding steroid dienone is 1. The number of nitrogens with zero attached hydrogens (tertiary/aromatic N) is 3. The SMILES string of the molecule is CNC(=O)[C@]12CCOC[C@H]1CN(C(=O)/C=C(\C)c1cnccn1)C2. The van der Waals surface area contributed by atoms with Crippen LogP contribution in [0.2, 0.25) is 0 Å².